The van der Waals surface area contributed by atoms with Gasteiger partial charge >= 0.3 is 0 Å². The number of piperidine rings is 1. The molecule has 0 aromatic heterocycles. The maximum absolute atomic E-state index is 6.15. The van der Waals surface area contributed by atoms with Crippen LogP contribution in [0.1, 0.15) is 66.2 Å². The minimum atomic E-state index is 0.361. The van der Waals surface area contributed by atoms with Crippen molar-refractivity contribution in [2.75, 3.05) is 13.1 Å². The molecule has 0 aromatic carbocycles. The van der Waals surface area contributed by atoms with Crippen LogP contribution in [0.5, 0.6) is 0 Å². The van der Waals surface area contributed by atoms with E-state index in [9.17, 15) is 0 Å². The van der Waals surface area contributed by atoms with Crippen molar-refractivity contribution in [1.29, 1.82) is 0 Å². The van der Waals surface area contributed by atoms with Gasteiger partial charge in [0.1, 0.15) is 0 Å². The highest BCUT2D eigenvalue weighted by atomic mass is 15.2. The standard InChI is InChI=1S/C17H34N2/c1-13(18)14-8-7-11-19(12-14)16-10-6-5-9-15(16)17(2,3)4/h13-16H,5-12,18H2,1-4H3. The summed E-state index contributed by atoms with van der Waals surface area (Å²) in [5.74, 6) is 1.59. The van der Waals surface area contributed by atoms with Crippen LogP contribution in [-0.2, 0) is 0 Å². The summed E-state index contributed by atoms with van der Waals surface area (Å²) in [5.41, 5.74) is 6.60. The molecule has 2 fully saturated rings. The molecule has 19 heavy (non-hydrogen) atoms. The van der Waals surface area contributed by atoms with E-state index in [1.54, 1.807) is 0 Å². The average Bonchev–Trinajstić information content (AvgIpc) is 2.38. The molecule has 2 nitrogen and oxygen atoms in total. The molecule has 0 bridgehead atoms. The van der Waals surface area contributed by atoms with Crippen LogP contribution in [0, 0.1) is 17.3 Å². The lowest BCUT2D eigenvalue weighted by molar-refractivity contribution is 0.0138. The van der Waals surface area contributed by atoms with E-state index in [2.05, 4.69) is 32.6 Å². The minimum Gasteiger partial charge on any atom is -0.328 e. The third kappa shape index (κ3) is 3.72. The second kappa shape index (κ2) is 6.13. The van der Waals surface area contributed by atoms with Gasteiger partial charge in [0.05, 0.1) is 0 Å². The van der Waals surface area contributed by atoms with Gasteiger partial charge in [-0.15, -0.1) is 0 Å². The summed E-state index contributed by atoms with van der Waals surface area (Å²) < 4.78 is 0. The Bertz CT molecular complexity index is 279. The maximum atomic E-state index is 6.15. The van der Waals surface area contributed by atoms with Gasteiger partial charge < -0.3 is 5.73 Å². The molecule has 1 aliphatic carbocycles. The molecule has 0 amide bonds. The van der Waals surface area contributed by atoms with Gasteiger partial charge in [0.2, 0.25) is 0 Å². The molecule has 2 aliphatic rings. The minimum absolute atomic E-state index is 0.361. The second-order valence-electron chi connectivity index (χ2n) is 8.08. The molecule has 4 atom stereocenters. The predicted octanol–water partition coefficient (Wildman–Crippen LogP) is 3.65. The van der Waals surface area contributed by atoms with Crippen molar-refractivity contribution < 1.29 is 0 Å². The van der Waals surface area contributed by atoms with Crippen molar-refractivity contribution >= 4 is 0 Å². The highest BCUT2D eigenvalue weighted by Crippen LogP contribution is 2.41. The predicted molar refractivity (Wildman–Crippen MR) is 83.1 cm³/mol. The van der Waals surface area contributed by atoms with Gasteiger partial charge in [0.25, 0.3) is 0 Å². The van der Waals surface area contributed by atoms with Crippen molar-refractivity contribution in [2.24, 2.45) is 23.0 Å². The number of hydrogen-bond acceptors (Lipinski definition) is 2. The first-order chi connectivity index (χ1) is 8.89. The van der Waals surface area contributed by atoms with Gasteiger partial charge in [0.15, 0.2) is 0 Å². The molecule has 0 radical (unpaired) electrons. The summed E-state index contributed by atoms with van der Waals surface area (Å²) in [7, 11) is 0. The van der Waals surface area contributed by atoms with Crippen molar-refractivity contribution in [3.8, 4) is 0 Å². The average molecular weight is 266 g/mol. The Morgan fingerprint density at radius 2 is 1.74 bits per heavy atom. The van der Waals surface area contributed by atoms with E-state index in [1.807, 2.05) is 0 Å². The number of likely N-dealkylation sites (tertiary alicyclic amines) is 1. The van der Waals surface area contributed by atoms with E-state index in [0.717, 1.165) is 17.9 Å². The van der Waals surface area contributed by atoms with E-state index >= 15 is 0 Å². The van der Waals surface area contributed by atoms with Crippen LogP contribution in [0.3, 0.4) is 0 Å². The first kappa shape index (κ1) is 15.3. The molecular formula is C17H34N2. The van der Waals surface area contributed by atoms with Crippen molar-refractivity contribution in [3.05, 3.63) is 0 Å². The molecule has 0 aromatic rings. The summed E-state index contributed by atoms with van der Waals surface area (Å²) in [4.78, 5) is 2.80. The fourth-order valence-electron chi connectivity index (χ4n) is 4.33. The smallest absolute Gasteiger partial charge is 0.0129 e. The van der Waals surface area contributed by atoms with E-state index in [1.165, 1.54) is 51.6 Å². The molecule has 112 valence electrons. The molecule has 2 rings (SSSR count). The SMILES string of the molecule is CC(N)C1CCCN(C2CCCCC2C(C)(C)C)C1. The van der Waals surface area contributed by atoms with Gasteiger partial charge in [0, 0.05) is 18.6 Å². The van der Waals surface area contributed by atoms with Crippen LogP contribution in [0.15, 0.2) is 0 Å². The zero-order valence-corrected chi connectivity index (χ0v) is 13.5. The molecule has 0 spiro atoms. The Labute approximate surface area is 120 Å². The lowest BCUT2D eigenvalue weighted by Gasteiger charge is -2.48. The summed E-state index contributed by atoms with van der Waals surface area (Å²) >= 11 is 0. The maximum Gasteiger partial charge on any atom is 0.0129 e. The van der Waals surface area contributed by atoms with Crippen LogP contribution in [0.2, 0.25) is 0 Å². The topological polar surface area (TPSA) is 29.3 Å². The first-order valence-corrected chi connectivity index (χ1v) is 8.39. The largest absolute Gasteiger partial charge is 0.328 e. The lowest BCUT2D eigenvalue weighted by atomic mass is 9.68. The van der Waals surface area contributed by atoms with E-state index < -0.39 is 0 Å². The third-order valence-electron chi connectivity index (χ3n) is 5.54. The van der Waals surface area contributed by atoms with Gasteiger partial charge in [-0.2, -0.15) is 0 Å². The Morgan fingerprint density at radius 1 is 1.05 bits per heavy atom. The summed E-state index contributed by atoms with van der Waals surface area (Å²) in [6, 6.07) is 1.18. The molecule has 1 heterocycles. The van der Waals surface area contributed by atoms with Gasteiger partial charge in [-0.1, -0.05) is 33.6 Å². The number of nitrogens with two attached hydrogens (primary N) is 1. The number of rotatable bonds is 2. The van der Waals surface area contributed by atoms with Crippen LogP contribution >= 0.6 is 0 Å². The van der Waals surface area contributed by atoms with Crippen molar-refractivity contribution in [1.82, 2.24) is 4.90 Å². The molecule has 1 saturated heterocycles. The highest BCUT2D eigenvalue weighted by molar-refractivity contribution is 4.92. The monoisotopic (exact) mass is 266 g/mol. The molecule has 1 saturated carbocycles. The Hall–Kier alpha value is -0.0800. The summed E-state index contributed by atoms with van der Waals surface area (Å²) in [6.07, 6.45) is 8.38. The lowest BCUT2D eigenvalue weighted by Crippen LogP contribution is -2.52. The normalized spacial score (nSPS) is 36.2. The number of hydrogen-bond donors (Lipinski definition) is 1. The van der Waals surface area contributed by atoms with Crippen LogP contribution in [0.25, 0.3) is 0 Å². The Kier molecular flexibility index (Phi) is 4.94. The molecule has 2 N–H and O–H groups in total. The number of nitrogens with zero attached hydrogens (tertiary/aromatic N) is 1. The Morgan fingerprint density at radius 3 is 2.37 bits per heavy atom. The highest BCUT2D eigenvalue weighted by Gasteiger charge is 2.38. The quantitative estimate of drug-likeness (QED) is 0.826. The molecule has 4 unspecified atom stereocenters. The first-order valence-electron chi connectivity index (χ1n) is 8.39. The third-order valence-corrected chi connectivity index (χ3v) is 5.54. The summed E-state index contributed by atoms with van der Waals surface area (Å²) in [6.45, 7) is 12.0. The van der Waals surface area contributed by atoms with Crippen molar-refractivity contribution in [2.45, 2.75) is 78.3 Å². The van der Waals surface area contributed by atoms with Crippen LogP contribution in [0.4, 0.5) is 0 Å². The second-order valence-corrected chi connectivity index (χ2v) is 8.08. The van der Waals surface area contributed by atoms with Crippen LogP contribution in [-0.4, -0.2) is 30.1 Å². The van der Waals surface area contributed by atoms with Gasteiger partial charge in [-0.05, 0) is 56.4 Å². The Balaban J connectivity index is 2.05. The fraction of sp³-hybridized carbons (Fsp3) is 1.00. The summed E-state index contributed by atoms with van der Waals surface area (Å²) in [5, 5.41) is 0. The van der Waals surface area contributed by atoms with E-state index in [-0.39, 0.29) is 0 Å². The van der Waals surface area contributed by atoms with E-state index in [0.29, 0.717) is 11.5 Å². The fourth-order valence-corrected chi connectivity index (χ4v) is 4.33. The molecule has 1 aliphatic heterocycles. The zero-order valence-electron chi connectivity index (χ0n) is 13.5. The van der Waals surface area contributed by atoms with Crippen molar-refractivity contribution in [3.63, 3.8) is 0 Å². The molecule has 2 heteroatoms. The van der Waals surface area contributed by atoms with Crippen LogP contribution < -0.4 is 5.73 Å². The van der Waals surface area contributed by atoms with E-state index in [4.69, 9.17) is 5.73 Å². The molecular weight excluding hydrogens is 232 g/mol. The van der Waals surface area contributed by atoms with Gasteiger partial charge in [-0.3, -0.25) is 4.90 Å². The zero-order chi connectivity index (χ0) is 14.0. The van der Waals surface area contributed by atoms with Gasteiger partial charge in [-0.25, -0.2) is 0 Å².